The highest BCUT2D eigenvalue weighted by molar-refractivity contribution is 6.42. The third kappa shape index (κ3) is 2.74. The molecule has 2 unspecified atom stereocenters. The molecule has 19 heavy (non-hydrogen) atoms. The number of halogens is 5. The Bertz CT molecular complexity index is 531. The topological polar surface area (TPSA) is 46.5 Å². The van der Waals surface area contributed by atoms with Gasteiger partial charge in [0.15, 0.2) is 0 Å². The van der Waals surface area contributed by atoms with E-state index in [2.05, 4.69) is 0 Å². The fraction of sp³-hybridized carbons (Fsp3) is 0.364. The molecule has 2 atom stereocenters. The van der Waals surface area contributed by atoms with E-state index in [4.69, 9.17) is 33.0 Å². The molecule has 0 saturated heterocycles. The van der Waals surface area contributed by atoms with Crippen LogP contribution in [0.2, 0.25) is 10.0 Å². The van der Waals surface area contributed by atoms with Crippen LogP contribution in [0.3, 0.4) is 0 Å². The number of carboxylic acid groups (broad SMARTS) is 1. The first-order valence-corrected chi connectivity index (χ1v) is 5.90. The average Bonchev–Trinajstić information content (AvgIpc) is 2.27. The van der Waals surface area contributed by atoms with Gasteiger partial charge in [-0.05, 0) is 18.1 Å². The number of hydrogen-bond acceptors (Lipinski definition) is 2. The zero-order chi connectivity index (χ0) is 14.4. The van der Waals surface area contributed by atoms with Gasteiger partial charge in [-0.3, -0.25) is 4.79 Å². The van der Waals surface area contributed by atoms with Gasteiger partial charge in [-0.25, -0.2) is 0 Å². The van der Waals surface area contributed by atoms with E-state index in [1.807, 2.05) is 0 Å². The molecule has 0 spiro atoms. The largest absolute Gasteiger partial charge is 0.481 e. The zero-order valence-electron chi connectivity index (χ0n) is 9.17. The van der Waals surface area contributed by atoms with Crippen LogP contribution in [0.25, 0.3) is 0 Å². The van der Waals surface area contributed by atoms with Gasteiger partial charge in [0.1, 0.15) is 11.7 Å². The molecule has 0 bridgehead atoms. The molecule has 0 amide bonds. The van der Waals surface area contributed by atoms with Gasteiger partial charge in [-0.2, -0.15) is 13.2 Å². The maximum absolute atomic E-state index is 12.8. The Morgan fingerprint density at radius 1 is 1.32 bits per heavy atom. The molecule has 1 heterocycles. The molecule has 0 radical (unpaired) electrons. The molecular formula is C11H7Cl2F3O3. The molecule has 1 aliphatic rings. The second kappa shape index (κ2) is 4.76. The second-order valence-electron chi connectivity index (χ2n) is 4.10. The minimum absolute atomic E-state index is 0.0510. The number of rotatable bonds is 1. The van der Waals surface area contributed by atoms with Crippen LogP contribution in [0.5, 0.6) is 5.75 Å². The normalized spacial score (nSPS) is 22.6. The molecule has 0 saturated carbocycles. The average molecular weight is 315 g/mol. The van der Waals surface area contributed by atoms with Crippen LogP contribution in [-0.2, 0) is 11.2 Å². The van der Waals surface area contributed by atoms with Crippen molar-refractivity contribution in [3.05, 3.63) is 27.7 Å². The molecule has 0 aliphatic carbocycles. The predicted octanol–water partition coefficient (Wildman–Crippen LogP) is 3.56. The first kappa shape index (κ1) is 14.3. The lowest BCUT2D eigenvalue weighted by atomic mass is 9.90. The summed E-state index contributed by atoms with van der Waals surface area (Å²) in [6, 6.07) is 2.48. The Kier molecular flexibility index (Phi) is 3.57. The zero-order valence-corrected chi connectivity index (χ0v) is 10.7. The standard InChI is InChI=1S/C11H7Cl2F3O3/c12-6-2-4-1-5(10(17)18)9(11(14,15)16)19-8(4)3-7(6)13/h2-3,5,9H,1H2,(H,17,18). The number of hydrogen-bond donors (Lipinski definition) is 1. The van der Waals surface area contributed by atoms with E-state index in [0.717, 1.165) is 6.07 Å². The Balaban J connectivity index is 2.45. The lowest BCUT2D eigenvalue weighted by Gasteiger charge is -2.32. The molecule has 1 aromatic rings. The number of benzene rings is 1. The highest BCUT2D eigenvalue weighted by Gasteiger charge is 2.52. The second-order valence-corrected chi connectivity index (χ2v) is 4.92. The number of fused-ring (bicyclic) bond motifs is 1. The third-order valence-corrected chi connectivity index (χ3v) is 3.52. The highest BCUT2D eigenvalue weighted by atomic mass is 35.5. The summed E-state index contributed by atoms with van der Waals surface area (Å²) in [6.07, 6.45) is -7.48. The maximum Gasteiger partial charge on any atom is 0.426 e. The quantitative estimate of drug-likeness (QED) is 0.862. The molecule has 8 heteroatoms. The maximum atomic E-state index is 12.8. The summed E-state index contributed by atoms with van der Waals surface area (Å²) in [5.41, 5.74) is 0.294. The summed E-state index contributed by atoms with van der Waals surface area (Å²) in [6.45, 7) is 0. The summed E-state index contributed by atoms with van der Waals surface area (Å²) >= 11 is 11.4. The van der Waals surface area contributed by atoms with Crippen molar-refractivity contribution in [2.75, 3.05) is 0 Å². The minimum atomic E-state index is -4.77. The molecule has 104 valence electrons. The lowest BCUT2D eigenvalue weighted by molar-refractivity contribution is -0.217. The molecule has 1 aromatic carbocycles. The van der Waals surface area contributed by atoms with Crippen molar-refractivity contribution >= 4 is 29.2 Å². The number of alkyl halides is 3. The van der Waals surface area contributed by atoms with Crippen molar-refractivity contribution in [2.24, 2.45) is 5.92 Å². The number of ether oxygens (including phenoxy) is 1. The molecule has 0 fully saturated rings. The smallest absolute Gasteiger partial charge is 0.426 e. The van der Waals surface area contributed by atoms with Gasteiger partial charge in [-0.1, -0.05) is 23.2 Å². The first-order chi connectivity index (χ1) is 8.70. The Morgan fingerprint density at radius 3 is 2.42 bits per heavy atom. The van der Waals surface area contributed by atoms with E-state index in [0.29, 0.717) is 5.56 Å². The van der Waals surface area contributed by atoms with Crippen LogP contribution in [0, 0.1) is 5.92 Å². The number of carbonyl (C=O) groups is 1. The SMILES string of the molecule is O=C(O)C1Cc2cc(Cl)c(Cl)cc2OC1C(F)(F)F. The molecule has 1 N–H and O–H groups in total. The fourth-order valence-corrected chi connectivity index (χ4v) is 2.25. The van der Waals surface area contributed by atoms with Crippen LogP contribution in [0.4, 0.5) is 13.2 Å². The van der Waals surface area contributed by atoms with Crippen molar-refractivity contribution in [1.82, 2.24) is 0 Å². The molecular weight excluding hydrogens is 308 g/mol. The van der Waals surface area contributed by atoms with Crippen LogP contribution >= 0.6 is 23.2 Å². The van der Waals surface area contributed by atoms with Gasteiger partial charge >= 0.3 is 12.1 Å². The summed E-state index contributed by atoms with van der Waals surface area (Å²) in [7, 11) is 0. The summed E-state index contributed by atoms with van der Waals surface area (Å²) < 4.78 is 43.1. The lowest BCUT2D eigenvalue weighted by Crippen LogP contribution is -2.47. The van der Waals surface area contributed by atoms with Gasteiger partial charge in [0.2, 0.25) is 6.10 Å². The van der Waals surface area contributed by atoms with Gasteiger partial charge in [0, 0.05) is 6.07 Å². The van der Waals surface area contributed by atoms with Gasteiger partial charge in [0.25, 0.3) is 0 Å². The highest BCUT2D eigenvalue weighted by Crippen LogP contribution is 2.41. The Labute approximate surface area is 115 Å². The Hall–Kier alpha value is -1.14. The number of aliphatic carboxylic acids is 1. The van der Waals surface area contributed by atoms with Crippen LogP contribution in [-0.4, -0.2) is 23.4 Å². The fourth-order valence-electron chi connectivity index (χ4n) is 1.91. The van der Waals surface area contributed by atoms with Gasteiger partial charge in [0.05, 0.1) is 10.0 Å². The molecule has 2 rings (SSSR count). The minimum Gasteiger partial charge on any atom is -0.481 e. The van der Waals surface area contributed by atoms with E-state index >= 15 is 0 Å². The van der Waals surface area contributed by atoms with Gasteiger partial charge in [-0.15, -0.1) is 0 Å². The van der Waals surface area contributed by atoms with E-state index in [-0.39, 0.29) is 22.2 Å². The van der Waals surface area contributed by atoms with E-state index in [1.54, 1.807) is 0 Å². The molecule has 1 aliphatic heterocycles. The summed E-state index contributed by atoms with van der Waals surface area (Å²) in [5, 5.41) is 9.07. The van der Waals surface area contributed by atoms with Crippen molar-refractivity contribution in [3.63, 3.8) is 0 Å². The monoisotopic (exact) mass is 314 g/mol. The van der Waals surface area contributed by atoms with E-state index in [1.165, 1.54) is 6.07 Å². The molecule has 0 aromatic heterocycles. The van der Waals surface area contributed by atoms with Crippen molar-refractivity contribution in [1.29, 1.82) is 0 Å². The van der Waals surface area contributed by atoms with Crippen LogP contribution in [0.1, 0.15) is 5.56 Å². The van der Waals surface area contributed by atoms with Crippen LogP contribution in [0.15, 0.2) is 12.1 Å². The Morgan fingerprint density at radius 2 is 1.89 bits per heavy atom. The van der Waals surface area contributed by atoms with Gasteiger partial charge < -0.3 is 9.84 Å². The van der Waals surface area contributed by atoms with Crippen molar-refractivity contribution < 1.29 is 27.8 Å². The molecule has 3 nitrogen and oxygen atoms in total. The van der Waals surface area contributed by atoms with E-state index < -0.39 is 24.2 Å². The van der Waals surface area contributed by atoms with Crippen LogP contribution < -0.4 is 4.74 Å². The van der Waals surface area contributed by atoms with E-state index in [9.17, 15) is 18.0 Å². The summed E-state index contributed by atoms with van der Waals surface area (Å²) in [5.74, 6) is -3.36. The predicted molar refractivity (Wildman–Crippen MR) is 61.8 cm³/mol. The third-order valence-electron chi connectivity index (χ3n) is 2.80. The summed E-state index contributed by atoms with van der Waals surface area (Å²) in [4.78, 5) is 10.9. The number of carboxylic acids is 1. The van der Waals surface area contributed by atoms with Crippen molar-refractivity contribution in [3.8, 4) is 5.75 Å². The van der Waals surface area contributed by atoms with Crippen molar-refractivity contribution in [2.45, 2.75) is 18.7 Å². The first-order valence-electron chi connectivity index (χ1n) is 5.14.